The molecule has 0 spiro atoms. The van der Waals surface area contributed by atoms with Crippen LogP contribution >= 0.6 is 0 Å². The minimum absolute atomic E-state index is 0.00279. The summed E-state index contributed by atoms with van der Waals surface area (Å²) in [4.78, 5) is 183. The number of ether oxygens (including phenoxy) is 1. The minimum Gasteiger partial charge on any atom is -0.459 e. The van der Waals surface area contributed by atoms with Crippen molar-refractivity contribution in [3.63, 3.8) is 0 Å². The summed E-state index contributed by atoms with van der Waals surface area (Å²) in [6, 6.07) is -12.5. The highest BCUT2D eigenvalue weighted by molar-refractivity contribution is 5.99. The van der Waals surface area contributed by atoms with E-state index in [0.29, 0.717) is 6.42 Å². The van der Waals surface area contributed by atoms with Crippen molar-refractivity contribution in [1.29, 1.82) is 0 Å². The third-order valence-corrected chi connectivity index (χ3v) is 16.3. The van der Waals surface area contributed by atoms with Crippen molar-refractivity contribution in [2.45, 2.75) is 230 Å². The molecule has 24 heteroatoms. The monoisotopic (exact) mass is 1240 g/mol. The molecule has 0 saturated carbocycles. The highest BCUT2D eigenvalue weighted by Crippen LogP contribution is 2.27. The van der Waals surface area contributed by atoms with Crippen molar-refractivity contribution in [3.05, 3.63) is 12.2 Å². The van der Waals surface area contributed by atoms with Crippen LogP contribution in [0.5, 0.6) is 0 Å². The Morgan fingerprint density at radius 1 is 0.489 bits per heavy atom. The molecule has 4 N–H and O–H groups in total. The summed E-state index contributed by atoms with van der Waals surface area (Å²) in [5.41, 5.74) is 0. The van der Waals surface area contributed by atoms with Crippen molar-refractivity contribution >= 4 is 70.9 Å². The largest absolute Gasteiger partial charge is 0.459 e. The first-order valence-electron chi connectivity index (χ1n) is 31.4. The van der Waals surface area contributed by atoms with Crippen LogP contribution in [0.3, 0.4) is 0 Å². The molecule has 24 nitrogen and oxygen atoms in total. The number of hydrogen-bond donors (Lipinski definition) is 4. The Kier molecular flexibility index (Phi) is 32.6. The maximum Gasteiger partial charge on any atom is 0.303 e. The number of amides is 11. The lowest BCUT2D eigenvalue weighted by Gasteiger charge is -2.42. The minimum atomic E-state index is -1.61. The Bertz CT molecular complexity index is 2450. The zero-order chi connectivity index (χ0) is 68.3. The SMILES string of the molecule is CC=CCC(C)C(OC(C)=O)C1C(=O)NC(CC)C(=O)N(C)CC(=O)N(C)C(CC(C)C)C(=O)NC(C(C)C)C(=O)N(C)C(CC(C)C)C(=O)NC(C)C(=O)NC(C)C(=O)N(C)C(CC(C)C)C(=O)N(C)C(CC(C)C)C(=O)N(C)C(C(C)C)C(=O)N1C. The molecule has 1 saturated heterocycles. The fourth-order valence-corrected chi connectivity index (χ4v) is 11.0. The topological polar surface area (TPSA) is 285 Å². The molecule has 1 aliphatic rings. The average molecular weight is 1240 g/mol. The Morgan fingerprint density at radius 2 is 0.909 bits per heavy atom. The number of esters is 1. The first-order valence-corrected chi connectivity index (χ1v) is 31.4. The van der Waals surface area contributed by atoms with E-state index in [4.69, 9.17) is 4.74 Å². The number of likely N-dealkylation sites (N-methyl/N-ethyl adjacent to an activating group) is 7. The highest BCUT2D eigenvalue weighted by Gasteiger charge is 2.47. The van der Waals surface area contributed by atoms with Gasteiger partial charge < -0.3 is 60.3 Å². The van der Waals surface area contributed by atoms with Gasteiger partial charge in [-0.15, -0.1) is 0 Å². The van der Waals surface area contributed by atoms with Crippen molar-refractivity contribution in [3.8, 4) is 0 Å². The summed E-state index contributed by atoms with van der Waals surface area (Å²) in [5.74, 6) is -10.7. The van der Waals surface area contributed by atoms with Crippen LogP contribution < -0.4 is 21.3 Å². The van der Waals surface area contributed by atoms with E-state index in [1.807, 2.05) is 61.5 Å². The molecule has 0 radical (unpaired) electrons. The maximum absolute atomic E-state index is 15.4. The van der Waals surface area contributed by atoms with Gasteiger partial charge in [0.1, 0.15) is 66.5 Å². The molecule has 502 valence electrons. The lowest BCUT2D eigenvalue weighted by molar-refractivity contribution is -0.164. The summed E-state index contributed by atoms with van der Waals surface area (Å²) in [6.45, 7) is 30.4. The van der Waals surface area contributed by atoms with E-state index in [0.717, 1.165) is 9.80 Å². The van der Waals surface area contributed by atoms with Crippen molar-refractivity contribution < 1.29 is 62.3 Å². The van der Waals surface area contributed by atoms with E-state index < -0.39 is 162 Å². The predicted octanol–water partition coefficient (Wildman–Crippen LogP) is 3.84. The maximum atomic E-state index is 15.4. The van der Waals surface area contributed by atoms with Gasteiger partial charge in [-0.05, 0) is 101 Å². The molecule has 88 heavy (non-hydrogen) atoms. The number of hydrogen-bond acceptors (Lipinski definition) is 13. The van der Waals surface area contributed by atoms with Gasteiger partial charge in [0.25, 0.3) is 0 Å². The van der Waals surface area contributed by atoms with Crippen LogP contribution in [0.25, 0.3) is 0 Å². The molecular weight excluding hydrogens is 1130 g/mol. The van der Waals surface area contributed by atoms with Gasteiger partial charge in [-0.3, -0.25) is 57.5 Å². The Hall–Kier alpha value is -6.62. The van der Waals surface area contributed by atoms with Crippen LogP contribution in [0.2, 0.25) is 0 Å². The van der Waals surface area contributed by atoms with Gasteiger partial charge >= 0.3 is 5.97 Å². The van der Waals surface area contributed by atoms with Crippen LogP contribution in [0.1, 0.15) is 163 Å². The smallest absolute Gasteiger partial charge is 0.303 e. The number of allylic oxidation sites excluding steroid dienone is 2. The third kappa shape index (κ3) is 22.5. The predicted molar refractivity (Wildman–Crippen MR) is 338 cm³/mol. The Balaban J connectivity index is 4.43. The standard InChI is InChI=1S/C64H113N11O13/c1-26-28-29-41(15)54(88-44(18)76)53-58(81)67-45(27-2)60(83)69(19)34-50(77)70(20)46(30-35(3)4)57(80)68-51(39(11)12)63(86)71(21)47(31-36(5)6)56(79)65-42(16)55(78)66-43(17)59(82)72(22)48(32-37(7)8)61(84)73(23)49(33-38(9)10)62(85)74(24)52(40(13)14)64(87)75(53)25/h26,28,35-43,45-49,51-54H,27,29-34H2,1-25H3,(H,65,79)(H,66,78)(H,67,81)(H,68,80). The van der Waals surface area contributed by atoms with Crippen molar-refractivity contribution in [2.75, 3.05) is 55.9 Å². The third-order valence-electron chi connectivity index (χ3n) is 16.3. The van der Waals surface area contributed by atoms with E-state index >= 15 is 19.2 Å². The van der Waals surface area contributed by atoms with E-state index in [1.165, 1.54) is 94.6 Å². The fourth-order valence-electron chi connectivity index (χ4n) is 11.0. The normalized spacial score (nSPS) is 26.3. The number of carbonyl (C=O) groups is 12. The molecule has 0 aromatic rings. The molecular formula is C64H113N11O13. The van der Waals surface area contributed by atoms with Crippen LogP contribution in [0.4, 0.5) is 0 Å². The molecule has 0 bridgehead atoms. The summed E-state index contributed by atoms with van der Waals surface area (Å²) in [6.07, 6.45) is 3.15. The fraction of sp³-hybridized carbons (Fsp3) is 0.781. The van der Waals surface area contributed by atoms with Gasteiger partial charge in [0.2, 0.25) is 65.0 Å². The van der Waals surface area contributed by atoms with Crippen molar-refractivity contribution in [1.82, 2.24) is 55.6 Å². The van der Waals surface area contributed by atoms with Gasteiger partial charge in [-0.1, -0.05) is 109 Å². The molecule has 0 aliphatic carbocycles. The van der Waals surface area contributed by atoms with Crippen LogP contribution in [0.15, 0.2) is 12.2 Å². The zero-order valence-corrected chi connectivity index (χ0v) is 57.9. The van der Waals surface area contributed by atoms with Gasteiger partial charge in [-0.25, -0.2) is 0 Å². The van der Waals surface area contributed by atoms with Gasteiger partial charge in [0.15, 0.2) is 0 Å². The lowest BCUT2D eigenvalue weighted by Crippen LogP contribution is -2.64. The molecule has 11 amide bonds. The van der Waals surface area contributed by atoms with Crippen LogP contribution in [-0.4, -0.2) is 228 Å². The molecule has 12 atom stereocenters. The van der Waals surface area contributed by atoms with E-state index in [1.54, 1.807) is 54.5 Å². The van der Waals surface area contributed by atoms with Gasteiger partial charge in [0.05, 0.1) is 6.54 Å². The number of carbonyl (C=O) groups excluding carboxylic acids is 12. The van der Waals surface area contributed by atoms with E-state index in [9.17, 15) is 38.4 Å². The molecule has 1 rings (SSSR count). The molecule has 12 unspecified atom stereocenters. The molecule has 1 fully saturated rings. The highest BCUT2D eigenvalue weighted by atomic mass is 16.5. The average Bonchev–Trinajstić information content (AvgIpc) is 2.69. The molecule has 0 aromatic heterocycles. The Morgan fingerprint density at radius 3 is 1.35 bits per heavy atom. The first kappa shape index (κ1) is 79.4. The number of rotatable bonds is 16. The summed E-state index contributed by atoms with van der Waals surface area (Å²) in [7, 11) is 9.89. The summed E-state index contributed by atoms with van der Waals surface area (Å²) in [5, 5.41) is 11.0. The second kappa shape index (κ2) is 36.1. The molecule has 1 aliphatic heterocycles. The molecule has 0 aromatic carbocycles. The van der Waals surface area contributed by atoms with Crippen LogP contribution in [-0.2, 0) is 62.3 Å². The first-order chi connectivity index (χ1) is 40.6. The van der Waals surface area contributed by atoms with Gasteiger partial charge in [-0.2, -0.15) is 0 Å². The second-order valence-electron chi connectivity index (χ2n) is 26.7. The number of nitrogens with zero attached hydrogens (tertiary/aromatic N) is 7. The zero-order valence-electron chi connectivity index (χ0n) is 57.9. The summed E-state index contributed by atoms with van der Waals surface area (Å²) >= 11 is 0. The number of nitrogens with one attached hydrogen (secondary N) is 4. The molecule has 1 heterocycles. The van der Waals surface area contributed by atoms with Crippen molar-refractivity contribution in [2.24, 2.45) is 41.4 Å². The van der Waals surface area contributed by atoms with E-state index in [2.05, 4.69) is 21.3 Å². The summed E-state index contributed by atoms with van der Waals surface area (Å²) < 4.78 is 5.93. The quantitative estimate of drug-likeness (QED) is 0.126. The second-order valence-corrected chi connectivity index (χ2v) is 26.7. The van der Waals surface area contributed by atoms with E-state index in [-0.39, 0.29) is 55.8 Å². The lowest BCUT2D eigenvalue weighted by atomic mass is 9.91. The Labute approximate surface area is 526 Å². The van der Waals surface area contributed by atoms with Gasteiger partial charge in [0, 0.05) is 56.3 Å². The van der Waals surface area contributed by atoms with Crippen LogP contribution in [0, 0.1) is 41.4 Å².